The van der Waals surface area contributed by atoms with Gasteiger partial charge in [-0.25, -0.2) is 0 Å². The van der Waals surface area contributed by atoms with Crippen LogP contribution in [0.1, 0.15) is 0 Å². The minimum atomic E-state index is 0.520. The van der Waals surface area contributed by atoms with Crippen molar-refractivity contribution in [2.45, 2.75) is 6.54 Å². The van der Waals surface area contributed by atoms with Crippen LogP contribution >= 0.6 is 0 Å². The van der Waals surface area contributed by atoms with Crippen molar-refractivity contribution < 1.29 is 5.11 Å². The second-order valence-electron chi connectivity index (χ2n) is 2.97. The van der Waals surface area contributed by atoms with Gasteiger partial charge in [0, 0.05) is 5.39 Å². The lowest BCUT2D eigenvalue weighted by atomic mass is 10.2. The molecule has 3 N–H and O–H groups in total. The molecule has 4 nitrogen and oxygen atoms in total. The van der Waals surface area contributed by atoms with E-state index in [1.807, 2.05) is 24.3 Å². The molecule has 0 amide bonds. The van der Waals surface area contributed by atoms with Gasteiger partial charge in [-0.05, 0) is 18.2 Å². The average molecular weight is 189 g/mol. The monoisotopic (exact) mass is 189 g/mol. The number of fused-ring (bicyclic) bond motifs is 1. The topological polar surface area (TPSA) is 64.1 Å². The molecule has 0 saturated heterocycles. The Labute approximate surface area is 81.3 Å². The first kappa shape index (κ1) is 8.62. The van der Waals surface area contributed by atoms with Crippen molar-refractivity contribution in [2.24, 2.45) is 0 Å². The van der Waals surface area contributed by atoms with Crippen molar-refractivity contribution in [3.8, 4) is 0 Å². The number of nitrogen functional groups attached to an aromatic ring is 1. The minimum absolute atomic E-state index is 0.520. The predicted molar refractivity (Wildman–Crippen MR) is 55.9 cm³/mol. The van der Waals surface area contributed by atoms with Crippen LogP contribution in [-0.4, -0.2) is 14.9 Å². The number of hydrogen-bond acceptors (Lipinski definition) is 3. The largest absolute Gasteiger partial charge is 0.516 e. The zero-order valence-electron chi connectivity index (χ0n) is 7.59. The molecule has 0 fully saturated rings. The number of para-hydroxylation sites is 1. The van der Waals surface area contributed by atoms with Crippen LogP contribution in [0.15, 0.2) is 36.6 Å². The Bertz CT molecular complexity index is 473. The van der Waals surface area contributed by atoms with Crippen molar-refractivity contribution in [2.75, 3.05) is 5.73 Å². The van der Waals surface area contributed by atoms with E-state index in [4.69, 9.17) is 10.8 Å². The first-order valence-corrected chi connectivity index (χ1v) is 4.33. The summed E-state index contributed by atoms with van der Waals surface area (Å²) in [5.74, 6) is 0.520. The summed E-state index contributed by atoms with van der Waals surface area (Å²) in [6.45, 7) is 0.522. The Morgan fingerprint density at radius 3 is 3.00 bits per heavy atom. The van der Waals surface area contributed by atoms with Crippen LogP contribution in [0.25, 0.3) is 10.9 Å². The number of benzene rings is 1. The number of aliphatic hydroxyl groups excluding tert-OH is 1. The molecule has 0 unspecified atom stereocenters. The molecular weight excluding hydrogens is 178 g/mol. The van der Waals surface area contributed by atoms with Crippen LogP contribution in [-0.2, 0) is 6.54 Å². The van der Waals surface area contributed by atoms with Gasteiger partial charge in [-0.1, -0.05) is 12.1 Å². The molecule has 0 aliphatic heterocycles. The third-order valence-corrected chi connectivity index (χ3v) is 2.07. The van der Waals surface area contributed by atoms with E-state index in [9.17, 15) is 0 Å². The average Bonchev–Trinajstić information content (AvgIpc) is 2.54. The lowest BCUT2D eigenvalue weighted by Crippen LogP contribution is -1.98. The van der Waals surface area contributed by atoms with E-state index in [0.29, 0.717) is 12.4 Å². The number of nitrogens with zero attached hydrogens (tertiary/aromatic N) is 2. The fraction of sp³-hybridized carbons (Fsp3) is 0.100. The molecule has 2 rings (SSSR count). The van der Waals surface area contributed by atoms with Crippen molar-refractivity contribution in [3.05, 3.63) is 36.6 Å². The van der Waals surface area contributed by atoms with Gasteiger partial charge < -0.3 is 10.8 Å². The number of hydrogen-bond donors (Lipinski definition) is 2. The molecular formula is C10H11N3O. The first-order valence-electron chi connectivity index (χ1n) is 4.33. The van der Waals surface area contributed by atoms with Gasteiger partial charge in [0.1, 0.15) is 0 Å². The molecule has 14 heavy (non-hydrogen) atoms. The molecule has 0 bridgehead atoms. The molecule has 2 aromatic rings. The van der Waals surface area contributed by atoms with Crippen LogP contribution < -0.4 is 5.73 Å². The lowest BCUT2D eigenvalue weighted by Gasteiger charge is -1.96. The molecule has 1 aromatic carbocycles. The van der Waals surface area contributed by atoms with E-state index in [-0.39, 0.29) is 0 Å². The first-order chi connectivity index (χ1) is 6.83. The summed E-state index contributed by atoms with van der Waals surface area (Å²) >= 11 is 0. The van der Waals surface area contributed by atoms with E-state index in [0.717, 1.165) is 17.2 Å². The minimum Gasteiger partial charge on any atom is -0.516 e. The summed E-state index contributed by atoms with van der Waals surface area (Å²) in [5.41, 5.74) is 6.71. The molecule has 1 heterocycles. The van der Waals surface area contributed by atoms with Gasteiger partial charge in [0.05, 0.1) is 18.3 Å². The number of aromatic nitrogens is 2. The van der Waals surface area contributed by atoms with E-state index >= 15 is 0 Å². The van der Waals surface area contributed by atoms with Gasteiger partial charge in [0.25, 0.3) is 0 Å². The van der Waals surface area contributed by atoms with Gasteiger partial charge in [-0.2, -0.15) is 5.10 Å². The van der Waals surface area contributed by atoms with Crippen molar-refractivity contribution in [1.29, 1.82) is 0 Å². The molecule has 0 aliphatic rings. The van der Waals surface area contributed by atoms with E-state index < -0.39 is 0 Å². The van der Waals surface area contributed by atoms with Crippen molar-refractivity contribution in [3.63, 3.8) is 0 Å². The fourth-order valence-electron chi connectivity index (χ4n) is 1.44. The Morgan fingerprint density at radius 1 is 1.43 bits per heavy atom. The molecule has 0 atom stereocenters. The highest BCUT2D eigenvalue weighted by Gasteiger charge is 2.04. The van der Waals surface area contributed by atoms with Crippen LogP contribution in [0.4, 0.5) is 5.82 Å². The van der Waals surface area contributed by atoms with Crippen molar-refractivity contribution >= 4 is 16.7 Å². The van der Waals surface area contributed by atoms with Gasteiger partial charge in [-0.15, -0.1) is 0 Å². The third kappa shape index (κ3) is 1.31. The highest BCUT2D eigenvalue weighted by atomic mass is 16.2. The number of allylic oxidation sites excluding steroid dienone is 1. The van der Waals surface area contributed by atoms with E-state index in [1.165, 1.54) is 0 Å². The maximum absolute atomic E-state index is 8.55. The second-order valence-corrected chi connectivity index (χ2v) is 2.97. The van der Waals surface area contributed by atoms with Gasteiger partial charge in [-0.3, -0.25) is 4.68 Å². The molecule has 0 aliphatic carbocycles. The predicted octanol–water partition coefficient (Wildman–Crippen LogP) is 1.69. The SMILES string of the molecule is Nc1nn(CC=CO)c2ccccc12. The highest BCUT2D eigenvalue weighted by Crippen LogP contribution is 2.19. The maximum atomic E-state index is 8.55. The Kier molecular flexibility index (Phi) is 2.10. The summed E-state index contributed by atoms with van der Waals surface area (Å²) < 4.78 is 1.75. The summed E-state index contributed by atoms with van der Waals surface area (Å²) in [4.78, 5) is 0. The van der Waals surface area contributed by atoms with E-state index in [1.54, 1.807) is 10.8 Å². The number of aliphatic hydroxyl groups is 1. The van der Waals surface area contributed by atoms with Crippen LogP contribution in [0.3, 0.4) is 0 Å². The van der Waals surface area contributed by atoms with E-state index in [2.05, 4.69) is 5.10 Å². The second kappa shape index (κ2) is 3.41. The summed E-state index contributed by atoms with van der Waals surface area (Å²) in [5, 5.41) is 13.7. The third-order valence-electron chi connectivity index (χ3n) is 2.07. The number of anilines is 1. The quantitative estimate of drug-likeness (QED) is 0.706. The van der Waals surface area contributed by atoms with Crippen LogP contribution in [0.5, 0.6) is 0 Å². The molecule has 0 spiro atoms. The molecule has 0 radical (unpaired) electrons. The highest BCUT2D eigenvalue weighted by molar-refractivity contribution is 5.88. The zero-order valence-corrected chi connectivity index (χ0v) is 7.59. The summed E-state index contributed by atoms with van der Waals surface area (Å²) in [6.07, 6.45) is 2.62. The Hall–Kier alpha value is -1.97. The smallest absolute Gasteiger partial charge is 0.153 e. The molecule has 72 valence electrons. The summed E-state index contributed by atoms with van der Waals surface area (Å²) in [6, 6.07) is 7.73. The molecule has 1 aromatic heterocycles. The van der Waals surface area contributed by atoms with Gasteiger partial charge in [0.2, 0.25) is 0 Å². The standard InChI is InChI=1S/C10H11N3O/c11-10-8-4-1-2-5-9(8)13(12-10)6-3-7-14/h1-5,7,14H,6H2,(H2,11,12). The van der Waals surface area contributed by atoms with Crippen LogP contribution in [0, 0.1) is 0 Å². The normalized spacial score (nSPS) is 11.4. The Balaban J connectivity index is 2.55. The lowest BCUT2D eigenvalue weighted by molar-refractivity contribution is 0.468. The number of rotatable bonds is 2. The Morgan fingerprint density at radius 2 is 2.21 bits per heavy atom. The fourth-order valence-corrected chi connectivity index (χ4v) is 1.44. The van der Waals surface area contributed by atoms with Crippen LogP contribution in [0.2, 0.25) is 0 Å². The molecule has 4 heteroatoms. The van der Waals surface area contributed by atoms with Gasteiger partial charge in [0.15, 0.2) is 5.82 Å². The number of nitrogens with two attached hydrogens (primary N) is 1. The zero-order chi connectivity index (χ0) is 9.97. The van der Waals surface area contributed by atoms with Crippen molar-refractivity contribution in [1.82, 2.24) is 9.78 Å². The summed E-state index contributed by atoms with van der Waals surface area (Å²) in [7, 11) is 0. The maximum Gasteiger partial charge on any atom is 0.153 e. The van der Waals surface area contributed by atoms with Gasteiger partial charge >= 0.3 is 0 Å². The molecule has 0 saturated carbocycles.